The summed E-state index contributed by atoms with van der Waals surface area (Å²) in [7, 11) is 0. The van der Waals surface area contributed by atoms with Gasteiger partial charge in [0.25, 0.3) is 0 Å². The second-order valence-corrected chi connectivity index (χ2v) is 5.87. The molecule has 5 heteroatoms. The summed E-state index contributed by atoms with van der Waals surface area (Å²) in [5, 5.41) is 5.07. The lowest BCUT2D eigenvalue weighted by atomic mass is 10.2. The lowest BCUT2D eigenvalue weighted by molar-refractivity contribution is -0.117. The number of hydrogen-bond donors (Lipinski definition) is 2. The molecular formula is C14H18N2O2S. The van der Waals surface area contributed by atoms with E-state index < -0.39 is 0 Å². The predicted molar refractivity (Wildman–Crippen MR) is 76.3 cm³/mol. The minimum Gasteiger partial charge on any atom is -0.335 e. The Morgan fingerprint density at radius 3 is 2.74 bits per heavy atom. The second-order valence-electron chi connectivity index (χ2n) is 4.85. The summed E-state index contributed by atoms with van der Waals surface area (Å²) in [4.78, 5) is 24.1. The fraction of sp³-hybridized carbons (Fsp3) is 0.429. The summed E-state index contributed by atoms with van der Waals surface area (Å²) in [6.07, 6.45) is 2.03. The molecule has 0 aromatic heterocycles. The molecule has 1 aromatic rings. The van der Waals surface area contributed by atoms with Crippen LogP contribution in [0.4, 0.5) is 4.79 Å². The van der Waals surface area contributed by atoms with Crippen LogP contribution < -0.4 is 10.6 Å². The van der Waals surface area contributed by atoms with Crippen LogP contribution in [0.25, 0.3) is 0 Å². The van der Waals surface area contributed by atoms with Gasteiger partial charge in [-0.2, -0.15) is 0 Å². The van der Waals surface area contributed by atoms with Crippen molar-refractivity contribution in [1.82, 2.24) is 10.6 Å². The van der Waals surface area contributed by atoms with Crippen LogP contribution in [0.15, 0.2) is 23.1 Å². The largest absolute Gasteiger partial charge is 0.335 e. The number of imide groups is 1. The van der Waals surface area contributed by atoms with E-state index in [0.717, 1.165) is 23.3 Å². The van der Waals surface area contributed by atoms with Gasteiger partial charge in [0.15, 0.2) is 0 Å². The molecule has 0 atom stereocenters. The Bertz CT molecular complexity index is 498. The molecule has 0 heterocycles. The van der Waals surface area contributed by atoms with Crippen molar-refractivity contribution in [2.24, 2.45) is 0 Å². The third kappa shape index (κ3) is 4.59. The zero-order valence-electron chi connectivity index (χ0n) is 11.2. The number of benzene rings is 1. The van der Waals surface area contributed by atoms with Gasteiger partial charge in [-0.15, -0.1) is 11.8 Å². The molecule has 2 N–H and O–H groups in total. The molecule has 1 aliphatic rings. The average Bonchev–Trinajstić information content (AvgIpc) is 3.14. The first-order chi connectivity index (χ1) is 9.04. The molecular weight excluding hydrogens is 260 g/mol. The molecule has 0 aliphatic heterocycles. The quantitative estimate of drug-likeness (QED) is 0.831. The highest BCUT2D eigenvalue weighted by Crippen LogP contribution is 2.23. The maximum Gasteiger partial charge on any atom is 0.321 e. The maximum absolute atomic E-state index is 11.6. The van der Waals surface area contributed by atoms with Crippen LogP contribution >= 0.6 is 11.8 Å². The van der Waals surface area contributed by atoms with Gasteiger partial charge < -0.3 is 5.32 Å². The first-order valence-corrected chi connectivity index (χ1v) is 7.33. The number of carbonyl (C=O) groups excluding carboxylic acids is 2. The van der Waals surface area contributed by atoms with E-state index in [2.05, 4.69) is 16.7 Å². The Morgan fingerprint density at radius 2 is 2.05 bits per heavy atom. The molecule has 1 fully saturated rings. The molecule has 1 aliphatic carbocycles. The third-order valence-corrected chi connectivity index (χ3v) is 4.03. The van der Waals surface area contributed by atoms with Crippen LogP contribution in [-0.2, 0) is 4.79 Å². The van der Waals surface area contributed by atoms with Crippen molar-refractivity contribution in [3.8, 4) is 0 Å². The molecule has 0 spiro atoms. The van der Waals surface area contributed by atoms with Gasteiger partial charge in [-0.3, -0.25) is 10.1 Å². The van der Waals surface area contributed by atoms with Gasteiger partial charge in [0, 0.05) is 10.9 Å². The van der Waals surface area contributed by atoms with E-state index >= 15 is 0 Å². The monoisotopic (exact) mass is 278 g/mol. The third-order valence-electron chi connectivity index (χ3n) is 2.87. The van der Waals surface area contributed by atoms with E-state index in [1.165, 1.54) is 17.3 Å². The summed E-state index contributed by atoms with van der Waals surface area (Å²) in [6.45, 7) is 4.03. The highest BCUT2D eigenvalue weighted by Gasteiger charge is 2.23. The fourth-order valence-corrected chi connectivity index (χ4v) is 2.54. The zero-order valence-corrected chi connectivity index (χ0v) is 12.0. The molecule has 1 saturated carbocycles. The van der Waals surface area contributed by atoms with Crippen LogP contribution in [-0.4, -0.2) is 23.7 Å². The molecule has 2 rings (SSSR count). The van der Waals surface area contributed by atoms with E-state index in [0.29, 0.717) is 0 Å². The van der Waals surface area contributed by atoms with E-state index in [-0.39, 0.29) is 23.7 Å². The van der Waals surface area contributed by atoms with E-state index in [1.54, 1.807) is 0 Å². The number of nitrogens with one attached hydrogen (secondary N) is 2. The summed E-state index contributed by atoms with van der Waals surface area (Å²) in [6, 6.07) is 6.02. The van der Waals surface area contributed by atoms with Crippen LogP contribution in [0.1, 0.15) is 24.0 Å². The molecule has 0 radical (unpaired) electrons. The molecule has 1 aromatic carbocycles. The van der Waals surface area contributed by atoms with Gasteiger partial charge >= 0.3 is 6.03 Å². The summed E-state index contributed by atoms with van der Waals surface area (Å²) >= 11 is 1.45. The second kappa shape index (κ2) is 6.10. The summed E-state index contributed by atoms with van der Waals surface area (Å²) < 4.78 is 0. The zero-order chi connectivity index (χ0) is 13.8. The fourth-order valence-electron chi connectivity index (χ4n) is 1.62. The van der Waals surface area contributed by atoms with Crippen molar-refractivity contribution in [3.05, 3.63) is 29.3 Å². The Balaban J connectivity index is 1.78. The first-order valence-electron chi connectivity index (χ1n) is 6.35. The van der Waals surface area contributed by atoms with E-state index in [9.17, 15) is 9.59 Å². The maximum atomic E-state index is 11.6. The van der Waals surface area contributed by atoms with E-state index in [4.69, 9.17) is 0 Å². The molecule has 0 unspecified atom stereocenters. The smallest absolute Gasteiger partial charge is 0.321 e. The van der Waals surface area contributed by atoms with Crippen LogP contribution in [0.2, 0.25) is 0 Å². The van der Waals surface area contributed by atoms with Crippen molar-refractivity contribution in [1.29, 1.82) is 0 Å². The van der Waals surface area contributed by atoms with Crippen LogP contribution in [0.3, 0.4) is 0 Å². The van der Waals surface area contributed by atoms with E-state index in [1.807, 2.05) is 26.0 Å². The SMILES string of the molecule is Cc1ccc(C)c(SCC(=O)NC(=O)NC2CC2)c1. The Morgan fingerprint density at radius 1 is 1.32 bits per heavy atom. The Labute approximate surface area is 117 Å². The van der Waals surface area contributed by atoms with Gasteiger partial charge in [-0.25, -0.2) is 4.79 Å². The number of aryl methyl sites for hydroxylation is 2. The predicted octanol–water partition coefficient (Wildman–Crippen LogP) is 2.38. The van der Waals surface area contributed by atoms with Gasteiger partial charge in [0.1, 0.15) is 0 Å². The molecule has 3 amide bonds. The number of rotatable bonds is 4. The highest BCUT2D eigenvalue weighted by molar-refractivity contribution is 8.00. The normalized spacial score (nSPS) is 14.0. The van der Waals surface area contributed by atoms with Gasteiger partial charge in [-0.05, 0) is 38.3 Å². The van der Waals surface area contributed by atoms with Crippen LogP contribution in [0.5, 0.6) is 0 Å². The molecule has 0 saturated heterocycles. The van der Waals surface area contributed by atoms with Crippen molar-refractivity contribution in [3.63, 3.8) is 0 Å². The lowest BCUT2D eigenvalue weighted by Crippen LogP contribution is -2.41. The topological polar surface area (TPSA) is 58.2 Å². The first kappa shape index (κ1) is 13.9. The Hall–Kier alpha value is -1.49. The standard InChI is InChI=1S/C14H18N2O2S/c1-9-3-4-10(2)12(7-9)19-8-13(17)16-14(18)15-11-5-6-11/h3-4,7,11H,5-6,8H2,1-2H3,(H2,15,16,17,18). The average molecular weight is 278 g/mol. The number of thioether (sulfide) groups is 1. The lowest BCUT2D eigenvalue weighted by Gasteiger charge is -2.07. The minimum absolute atomic E-state index is 0.252. The van der Waals surface area contributed by atoms with Crippen molar-refractivity contribution < 1.29 is 9.59 Å². The van der Waals surface area contributed by atoms with Crippen LogP contribution in [0, 0.1) is 13.8 Å². The number of amides is 3. The van der Waals surface area contributed by atoms with Crippen molar-refractivity contribution in [2.75, 3.05) is 5.75 Å². The molecule has 102 valence electrons. The minimum atomic E-state index is -0.380. The summed E-state index contributed by atoms with van der Waals surface area (Å²) in [5.41, 5.74) is 2.31. The van der Waals surface area contributed by atoms with Crippen molar-refractivity contribution in [2.45, 2.75) is 37.6 Å². The molecule has 0 bridgehead atoms. The number of hydrogen-bond acceptors (Lipinski definition) is 3. The van der Waals surface area contributed by atoms with Gasteiger partial charge in [0.2, 0.25) is 5.91 Å². The summed E-state index contributed by atoms with van der Waals surface area (Å²) in [5.74, 6) is -0.00777. The molecule has 4 nitrogen and oxygen atoms in total. The number of carbonyl (C=O) groups is 2. The number of urea groups is 1. The highest BCUT2D eigenvalue weighted by atomic mass is 32.2. The van der Waals surface area contributed by atoms with Gasteiger partial charge in [0.05, 0.1) is 5.75 Å². The van der Waals surface area contributed by atoms with Gasteiger partial charge in [-0.1, -0.05) is 17.7 Å². The molecule has 19 heavy (non-hydrogen) atoms. The Kier molecular flexibility index (Phi) is 4.47. The van der Waals surface area contributed by atoms with Crippen molar-refractivity contribution >= 4 is 23.7 Å².